The van der Waals surface area contributed by atoms with Crippen LogP contribution in [0.15, 0.2) is 66.9 Å². The molecule has 0 unspecified atom stereocenters. The largest absolute Gasteiger partial charge is 0.352 e. The first kappa shape index (κ1) is 15.7. The molecule has 3 rings (SSSR count). The van der Waals surface area contributed by atoms with E-state index in [-0.39, 0.29) is 5.91 Å². The number of nitrogens with one attached hydrogen (secondary N) is 2. The van der Waals surface area contributed by atoms with Crippen LogP contribution < -0.4 is 10.6 Å². The molecule has 0 saturated heterocycles. The second-order valence-corrected chi connectivity index (χ2v) is 5.19. The van der Waals surface area contributed by atoms with Crippen molar-refractivity contribution < 1.29 is 4.79 Å². The normalized spacial score (nSPS) is 10.2. The zero-order chi connectivity index (χ0) is 16.8. The van der Waals surface area contributed by atoms with E-state index < -0.39 is 0 Å². The quantitative estimate of drug-likeness (QED) is 0.754. The van der Waals surface area contributed by atoms with Gasteiger partial charge in [-0.2, -0.15) is 0 Å². The van der Waals surface area contributed by atoms with E-state index in [1.807, 2.05) is 55.5 Å². The van der Waals surface area contributed by atoms with Crippen molar-refractivity contribution in [2.75, 3.05) is 11.9 Å². The molecule has 5 heteroatoms. The molecular formula is C19H18N4O. The lowest BCUT2D eigenvalue weighted by Crippen LogP contribution is -2.22. The van der Waals surface area contributed by atoms with Crippen molar-refractivity contribution in [3.05, 3.63) is 72.4 Å². The molecule has 0 aliphatic rings. The summed E-state index contributed by atoms with van der Waals surface area (Å²) in [4.78, 5) is 20.6. The van der Waals surface area contributed by atoms with E-state index in [9.17, 15) is 4.79 Å². The number of anilines is 2. The number of amides is 1. The molecule has 2 aromatic carbocycles. The summed E-state index contributed by atoms with van der Waals surface area (Å²) in [6, 6.07) is 19.0. The first-order valence-electron chi connectivity index (χ1n) is 7.80. The maximum absolute atomic E-state index is 11.8. The number of benzene rings is 2. The number of hydrogen-bond acceptors (Lipinski definition) is 4. The summed E-state index contributed by atoms with van der Waals surface area (Å²) in [5, 5.41) is 5.96. The molecule has 1 amide bonds. The summed E-state index contributed by atoms with van der Waals surface area (Å²) in [6.45, 7) is 2.51. The molecule has 0 atom stereocenters. The van der Waals surface area contributed by atoms with Gasteiger partial charge in [0, 0.05) is 29.6 Å². The SMILES string of the molecule is CCNC(=O)c1ccc(-c2ccnc(Nc3ccccc3)n2)cc1. The highest BCUT2D eigenvalue weighted by atomic mass is 16.1. The van der Waals surface area contributed by atoms with Gasteiger partial charge >= 0.3 is 0 Å². The molecule has 0 bridgehead atoms. The standard InChI is InChI=1S/C19H18N4O/c1-2-20-18(24)15-10-8-14(9-11-15)17-12-13-21-19(23-17)22-16-6-4-3-5-7-16/h3-13H,2H2,1H3,(H,20,24)(H,21,22,23). The Bertz CT molecular complexity index is 816. The molecule has 120 valence electrons. The molecule has 0 aliphatic carbocycles. The van der Waals surface area contributed by atoms with E-state index in [0.717, 1.165) is 16.9 Å². The molecule has 0 fully saturated rings. The summed E-state index contributed by atoms with van der Waals surface area (Å²) < 4.78 is 0. The van der Waals surface area contributed by atoms with Gasteiger partial charge in [0.2, 0.25) is 5.95 Å². The van der Waals surface area contributed by atoms with Crippen LogP contribution in [-0.4, -0.2) is 22.4 Å². The number of nitrogens with zero attached hydrogens (tertiary/aromatic N) is 2. The fraction of sp³-hybridized carbons (Fsp3) is 0.105. The van der Waals surface area contributed by atoms with E-state index in [4.69, 9.17) is 0 Å². The van der Waals surface area contributed by atoms with Gasteiger partial charge in [0.25, 0.3) is 5.91 Å². The zero-order valence-corrected chi connectivity index (χ0v) is 13.4. The number of para-hydroxylation sites is 1. The summed E-state index contributed by atoms with van der Waals surface area (Å²) in [5.74, 6) is 0.463. The van der Waals surface area contributed by atoms with E-state index in [0.29, 0.717) is 18.1 Å². The molecule has 3 aromatic rings. The summed E-state index contributed by atoms with van der Waals surface area (Å²) in [5.41, 5.74) is 3.30. The average Bonchev–Trinajstić information content (AvgIpc) is 2.63. The predicted octanol–water partition coefficient (Wildman–Crippen LogP) is 3.64. The van der Waals surface area contributed by atoms with Gasteiger partial charge in [-0.3, -0.25) is 4.79 Å². The maximum atomic E-state index is 11.8. The fourth-order valence-electron chi connectivity index (χ4n) is 2.29. The first-order valence-corrected chi connectivity index (χ1v) is 7.80. The lowest BCUT2D eigenvalue weighted by molar-refractivity contribution is 0.0956. The van der Waals surface area contributed by atoms with Crippen molar-refractivity contribution in [2.24, 2.45) is 0 Å². The summed E-state index contributed by atoms with van der Waals surface area (Å²) in [6.07, 6.45) is 1.71. The molecule has 0 radical (unpaired) electrons. The Morgan fingerprint density at radius 1 is 1.00 bits per heavy atom. The van der Waals surface area contributed by atoms with E-state index in [1.165, 1.54) is 0 Å². The van der Waals surface area contributed by atoms with Crippen LogP contribution in [0.25, 0.3) is 11.3 Å². The van der Waals surface area contributed by atoms with Crippen molar-refractivity contribution in [1.82, 2.24) is 15.3 Å². The second kappa shape index (κ2) is 7.37. The lowest BCUT2D eigenvalue weighted by atomic mass is 10.1. The van der Waals surface area contributed by atoms with Crippen LogP contribution in [0.4, 0.5) is 11.6 Å². The van der Waals surface area contributed by atoms with Gasteiger partial charge in [-0.15, -0.1) is 0 Å². The van der Waals surface area contributed by atoms with Gasteiger partial charge in [-0.1, -0.05) is 30.3 Å². The predicted molar refractivity (Wildman–Crippen MR) is 95.2 cm³/mol. The highest BCUT2D eigenvalue weighted by Crippen LogP contribution is 2.20. The monoisotopic (exact) mass is 318 g/mol. The number of rotatable bonds is 5. The molecule has 0 spiro atoms. The highest BCUT2D eigenvalue weighted by molar-refractivity contribution is 5.94. The Hall–Kier alpha value is -3.21. The first-order chi connectivity index (χ1) is 11.8. The van der Waals surface area contributed by atoms with Gasteiger partial charge in [-0.25, -0.2) is 9.97 Å². The van der Waals surface area contributed by atoms with Crippen LogP contribution in [0, 0.1) is 0 Å². The van der Waals surface area contributed by atoms with Crippen LogP contribution in [0.2, 0.25) is 0 Å². The molecule has 1 heterocycles. The van der Waals surface area contributed by atoms with Gasteiger partial charge < -0.3 is 10.6 Å². The van der Waals surface area contributed by atoms with Crippen LogP contribution in [0.3, 0.4) is 0 Å². The van der Waals surface area contributed by atoms with Crippen LogP contribution in [-0.2, 0) is 0 Å². The molecule has 5 nitrogen and oxygen atoms in total. The van der Waals surface area contributed by atoms with Crippen molar-refractivity contribution in [1.29, 1.82) is 0 Å². The maximum Gasteiger partial charge on any atom is 0.251 e. The minimum Gasteiger partial charge on any atom is -0.352 e. The van der Waals surface area contributed by atoms with Crippen LogP contribution >= 0.6 is 0 Å². The van der Waals surface area contributed by atoms with Crippen LogP contribution in [0.5, 0.6) is 0 Å². The summed E-state index contributed by atoms with van der Waals surface area (Å²) in [7, 11) is 0. The Labute approximate surface area is 140 Å². The van der Waals surface area contributed by atoms with Gasteiger partial charge in [0.1, 0.15) is 0 Å². The Morgan fingerprint density at radius 3 is 2.46 bits per heavy atom. The molecule has 0 saturated carbocycles. The van der Waals surface area contributed by atoms with Crippen molar-refractivity contribution in [3.8, 4) is 11.3 Å². The van der Waals surface area contributed by atoms with E-state index in [1.54, 1.807) is 18.3 Å². The third-order valence-corrected chi connectivity index (χ3v) is 3.47. The summed E-state index contributed by atoms with van der Waals surface area (Å²) >= 11 is 0. The topological polar surface area (TPSA) is 66.9 Å². The number of carbonyl (C=O) groups excluding carboxylic acids is 1. The Kier molecular flexibility index (Phi) is 4.81. The fourth-order valence-corrected chi connectivity index (χ4v) is 2.29. The second-order valence-electron chi connectivity index (χ2n) is 5.19. The van der Waals surface area contributed by atoms with Crippen molar-refractivity contribution in [3.63, 3.8) is 0 Å². The minimum absolute atomic E-state index is 0.0711. The van der Waals surface area contributed by atoms with Crippen molar-refractivity contribution in [2.45, 2.75) is 6.92 Å². The average molecular weight is 318 g/mol. The number of hydrogen-bond donors (Lipinski definition) is 2. The van der Waals surface area contributed by atoms with E-state index in [2.05, 4.69) is 20.6 Å². The van der Waals surface area contributed by atoms with Gasteiger partial charge in [0.15, 0.2) is 0 Å². The minimum atomic E-state index is -0.0711. The van der Waals surface area contributed by atoms with Crippen molar-refractivity contribution >= 4 is 17.5 Å². The molecule has 0 aliphatic heterocycles. The number of aromatic nitrogens is 2. The Morgan fingerprint density at radius 2 is 1.75 bits per heavy atom. The lowest BCUT2D eigenvalue weighted by Gasteiger charge is -2.07. The molecule has 1 aromatic heterocycles. The van der Waals surface area contributed by atoms with Gasteiger partial charge in [-0.05, 0) is 37.3 Å². The van der Waals surface area contributed by atoms with E-state index >= 15 is 0 Å². The third kappa shape index (κ3) is 3.76. The van der Waals surface area contributed by atoms with Crippen LogP contribution in [0.1, 0.15) is 17.3 Å². The number of carbonyl (C=O) groups is 1. The van der Waals surface area contributed by atoms with Gasteiger partial charge in [0.05, 0.1) is 5.69 Å². The highest BCUT2D eigenvalue weighted by Gasteiger charge is 2.06. The smallest absolute Gasteiger partial charge is 0.251 e. The molecule has 2 N–H and O–H groups in total. The zero-order valence-electron chi connectivity index (χ0n) is 13.4. The molecule has 24 heavy (non-hydrogen) atoms. The Balaban J connectivity index is 1.80. The molecular weight excluding hydrogens is 300 g/mol. The third-order valence-electron chi connectivity index (χ3n) is 3.47.